The molecule has 0 spiro atoms. The standard InChI is InChI=1S/C24H29N5O2/c1-5-25-24(31)28(6-2)16-21(30)26-23-22(19-13-8-7-9-14-19)18(4)27-29(23)20-15-11-10-12-17(20)3/h7-15H,5-6,16H2,1-4H3,(H,25,31)(H,26,30). The number of para-hydroxylation sites is 1. The summed E-state index contributed by atoms with van der Waals surface area (Å²) in [7, 11) is 0. The molecule has 0 saturated carbocycles. The highest BCUT2D eigenvalue weighted by atomic mass is 16.2. The Bertz CT molecular complexity index is 1060. The van der Waals surface area contributed by atoms with Crippen molar-refractivity contribution in [3.63, 3.8) is 0 Å². The molecule has 0 bridgehead atoms. The van der Waals surface area contributed by atoms with Gasteiger partial charge in [0.05, 0.1) is 11.4 Å². The van der Waals surface area contributed by atoms with Gasteiger partial charge in [-0.05, 0) is 44.9 Å². The van der Waals surface area contributed by atoms with Gasteiger partial charge in [-0.2, -0.15) is 5.10 Å². The highest BCUT2D eigenvalue weighted by Crippen LogP contribution is 2.34. The summed E-state index contributed by atoms with van der Waals surface area (Å²) in [5.41, 5.74) is 4.56. The van der Waals surface area contributed by atoms with Crippen molar-refractivity contribution in [2.24, 2.45) is 0 Å². The predicted octanol–water partition coefficient (Wildman–Crippen LogP) is 4.15. The minimum Gasteiger partial charge on any atom is -0.338 e. The Kier molecular flexibility index (Phi) is 7.07. The summed E-state index contributed by atoms with van der Waals surface area (Å²) >= 11 is 0. The zero-order valence-electron chi connectivity index (χ0n) is 18.5. The van der Waals surface area contributed by atoms with E-state index >= 15 is 0 Å². The Morgan fingerprint density at radius 3 is 2.32 bits per heavy atom. The van der Waals surface area contributed by atoms with Crippen molar-refractivity contribution < 1.29 is 9.59 Å². The highest BCUT2D eigenvalue weighted by molar-refractivity contribution is 5.97. The van der Waals surface area contributed by atoms with Gasteiger partial charge in [0.1, 0.15) is 12.4 Å². The van der Waals surface area contributed by atoms with Crippen LogP contribution in [-0.4, -0.2) is 46.3 Å². The third-order valence-electron chi connectivity index (χ3n) is 5.06. The van der Waals surface area contributed by atoms with Crippen LogP contribution in [0.25, 0.3) is 16.8 Å². The maximum atomic E-state index is 13.0. The molecule has 1 aromatic heterocycles. The van der Waals surface area contributed by atoms with E-state index in [1.807, 2.05) is 82.3 Å². The number of hydrogen-bond acceptors (Lipinski definition) is 3. The van der Waals surface area contributed by atoms with Crippen LogP contribution in [0.4, 0.5) is 10.6 Å². The van der Waals surface area contributed by atoms with Crippen molar-refractivity contribution in [2.75, 3.05) is 25.0 Å². The molecule has 0 aliphatic rings. The van der Waals surface area contributed by atoms with Gasteiger partial charge in [0.15, 0.2) is 0 Å². The summed E-state index contributed by atoms with van der Waals surface area (Å²) in [5, 5.41) is 10.5. The van der Waals surface area contributed by atoms with Gasteiger partial charge in [-0.3, -0.25) is 4.79 Å². The fourth-order valence-corrected chi connectivity index (χ4v) is 3.50. The van der Waals surface area contributed by atoms with Gasteiger partial charge in [-0.15, -0.1) is 0 Å². The molecule has 3 amide bonds. The van der Waals surface area contributed by atoms with E-state index in [-0.39, 0.29) is 18.5 Å². The maximum absolute atomic E-state index is 13.0. The molecule has 31 heavy (non-hydrogen) atoms. The van der Waals surface area contributed by atoms with E-state index in [0.717, 1.165) is 28.1 Å². The van der Waals surface area contributed by atoms with E-state index in [0.29, 0.717) is 18.9 Å². The molecule has 0 atom stereocenters. The van der Waals surface area contributed by atoms with Crippen molar-refractivity contribution in [1.29, 1.82) is 0 Å². The lowest BCUT2D eigenvalue weighted by molar-refractivity contribution is -0.116. The first-order valence-corrected chi connectivity index (χ1v) is 10.5. The molecule has 0 fully saturated rings. The Hall–Kier alpha value is -3.61. The summed E-state index contributed by atoms with van der Waals surface area (Å²) in [6, 6.07) is 17.5. The largest absolute Gasteiger partial charge is 0.338 e. The van der Waals surface area contributed by atoms with Crippen LogP contribution in [0.15, 0.2) is 54.6 Å². The SMILES string of the molecule is CCNC(=O)N(CC)CC(=O)Nc1c(-c2ccccc2)c(C)nn1-c1ccccc1C. The van der Waals surface area contributed by atoms with E-state index in [1.54, 1.807) is 4.68 Å². The second-order valence-electron chi connectivity index (χ2n) is 7.27. The fourth-order valence-electron chi connectivity index (χ4n) is 3.50. The fraction of sp³-hybridized carbons (Fsp3) is 0.292. The van der Waals surface area contributed by atoms with Crippen LogP contribution in [0.1, 0.15) is 25.1 Å². The Balaban J connectivity index is 2.02. The average Bonchev–Trinajstić information content (AvgIpc) is 3.08. The first-order chi connectivity index (χ1) is 15.0. The molecule has 0 unspecified atom stereocenters. The van der Waals surface area contributed by atoms with E-state index in [9.17, 15) is 9.59 Å². The topological polar surface area (TPSA) is 79.3 Å². The number of nitrogens with one attached hydrogen (secondary N) is 2. The second kappa shape index (κ2) is 9.93. The number of hydrogen-bond donors (Lipinski definition) is 2. The average molecular weight is 420 g/mol. The van der Waals surface area contributed by atoms with Gasteiger partial charge in [-0.25, -0.2) is 9.48 Å². The number of benzene rings is 2. The lowest BCUT2D eigenvalue weighted by Gasteiger charge is -2.21. The van der Waals surface area contributed by atoms with Crippen molar-refractivity contribution >= 4 is 17.8 Å². The third kappa shape index (κ3) is 4.94. The van der Waals surface area contributed by atoms with Crippen LogP contribution >= 0.6 is 0 Å². The van der Waals surface area contributed by atoms with E-state index in [1.165, 1.54) is 4.90 Å². The van der Waals surface area contributed by atoms with Crippen LogP contribution in [0.2, 0.25) is 0 Å². The molecule has 0 aliphatic heterocycles. The molecular weight excluding hydrogens is 390 g/mol. The van der Waals surface area contributed by atoms with Gasteiger partial charge in [0.2, 0.25) is 5.91 Å². The van der Waals surface area contributed by atoms with E-state index in [2.05, 4.69) is 10.6 Å². The number of amides is 3. The second-order valence-corrected chi connectivity index (χ2v) is 7.27. The molecule has 1 heterocycles. The molecule has 2 N–H and O–H groups in total. The first-order valence-electron chi connectivity index (χ1n) is 10.5. The summed E-state index contributed by atoms with van der Waals surface area (Å²) in [6.45, 7) is 8.53. The molecule has 0 aliphatic carbocycles. The number of anilines is 1. The van der Waals surface area contributed by atoms with Gasteiger partial charge < -0.3 is 15.5 Å². The van der Waals surface area contributed by atoms with Gasteiger partial charge in [-0.1, -0.05) is 48.5 Å². The zero-order chi connectivity index (χ0) is 22.4. The lowest BCUT2D eigenvalue weighted by atomic mass is 10.1. The smallest absolute Gasteiger partial charge is 0.317 e. The summed E-state index contributed by atoms with van der Waals surface area (Å²) in [6.07, 6.45) is 0. The number of likely N-dealkylation sites (N-methyl/N-ethyl adjacent to an activating group) is 1. The molecular formula is C24H29N5O2. The summed E-state index contributed by atoms with van der Waals surface area (Å²) in [4.78, 5) is 26.7. The van der Waals surface area contributed by atoms with Crippen molar-refractivity contribution in [1.82, 2.24) is 20.0 Å². The molecule has 162 valence electrons. The minimum absolute atomic E-state index is 0.0471. The van der Waals surface area contributed by atoms with Crippen LogP contribution in [0.3, 0.4) is 0 Å². The number of aryl methyl sites for hydroxylation is 2. The normalized spacial score (nSPS) is 10.6. The van der Waals surface area contributed by atoms with Crippen LogP contribution in [-0.2, 0) is 4.79 Å². The molecule has 2 aromatic carbocycles. The molecule has 3 rings (SSSR count). The molecule has 0 saturated heterocycles. The summed E-state index contributed by atoms with van der Waals surface area (Å²) in [5.74, 6) is 0.315. The quantitative estimate of drug-likeness (QED) is 0.604. The molecule has 7 heteroatoms. The third-order valence-corrected chi connectivity index (χ3v) is 5.06. The van der Waals surface area contributed by atoms with Gasteiger partial charge >= 0.3 is 6.03 Å². The van der Waals surface area contributed by atoms with Crippen LogP contribution in [0.5, 0.6) is 0 Å². The Morgan fingerprint density at radius 2 is 1.68 bits per heavy atom. The highest BCUT2D eigenvalue weighted by Gasteiger charge is 2.22. The number of aromatic nitrogens is 2. The number of rotatable bonds is 7. The minimum atomic E-state index is -0.278. The van der Waals surface area contributed by atoms with Crippen LogP contribution in [0, 0.1) is 13.8 Å². The number of carbonyl (C=O) groups excluding carboxylic acids is 2. The predicted molar refractivity (Wildman–Crippen MR) is 123 cm³/mol. The molecule has 7 nitrogen and oxygen atoms in total. The van der Waals surface area contributed by atoms with E-state index in [4.69, 9.17) is 5.10 Å². The first kappa shape index (κ1) is 22.1. The zero-order valence-corrected chi connectivity index (χ0v) is 18.5. The number of nitrogens with zero attached hydrogens (tertiary/aromatic N) is 3. The Labute approximate surface area is 183 Å². The van der Waals surface area contributed by atoms with Crippen molar-refractivity contribution in [3.8, 4) is 16.8 Å². The lowest BCUT2D eigenvalue weighted by Crippen LogP contribution is -2.43. The number of carbonyl (C=O) groups is 2. The Morgan fingerprint density at radius 1 is 1.00 bits per heavy atom. The molecule has 0 radical (unpaired) electrons. The monoisotopic (exact) mass is 419 g/mol. The van der Waals surface area contributed by atoms with E-state index < -0.39 is 0 Å². The maximum Gasteiger partial charge on any atom is 0.317 e. The number of urea groups is 1. The van der Waals surface area contributed by atoms with Crippen molar-refractivity contribution in [2.45, 2.75) is 27.7 Å². The molecule has 3 aromatic rings. The van der Waals surface area contributed by atoms with Gasteiger partial charge in [0.25, 0.3) is 0 Å². The van der Waals surface area contributed by atoms with Gasteiger partial charge in [0, 0.05) is 18.7 Å². The van der Waals surface area contributed by atoms with Crippen molar-refractivity contribution in [3.05, 3.63) is 65.9 Å². The summed E-state index contributed by atoms with van der Waals surface area (Å²) < 4.78 is 1.77. The van der Waals surface area contributed by atoms with Crippen LogP contribution < -0.4 is 10.6 Å².